The van der Waals surface area contributed by atoms with E-state index in [1.807, 2.05) is 32.2 Å². The summed E-state index contributed by atoms with van der Waals surface area (Å²) < 4.78 is 5.39. The van der Waals surface area contributed by atoms with Crippen molar-refractivity contribution in [1.29, 1.82) is 0 Å². The van der Waals surface area contributed by atoms with E-state index in [-0.39, 0.29) is 18.1 Å². The first-order valence-corrected chi connectivity index (χ1v) is 8.75. The molecule has 0 aliphatic carbocycles. The van der Waals surface area contributed by atoms with Crippen LogP contribution < -0.4 is 21.0 Å². The molecule has 1 amide bonds. The quantitative estimate of drug-likeness (QED) is 0.716. The number of aromatic nitrogens is 1. The van der Waals surface area contributed by atoms with Crippen LogP contribution in [0.5, 0.6) is 0 Å². The summed E-state index contributed by atoms with van der Waals surface area (Å²) in [6.07, 6.45) is 1.62. The molecule has 8 nitrogen and oxygen atoms in total. The third-order valence-corrected chi connectivity index (χ3v) is 4.75. The first-order valence-electron chi connectivity index (χ1n) is 8.75. The molecule has 1 unspecified atom stereocenters. The minimum Gasteiger partial charge on any atom is -0.378 e. The van der Waals surface area contributed by atoms with Gasteiger partial charge >= 0.3 is 0 Å². The molecule has 3 aliphatic rings. The van der Waals surface area contributed by atoms with Crippen LogP contribution in [0.2, 0.25) is 0 Å². The van der Waals surface area contributed by atoms with Crippen molar-refractivity contribution in [3.8, 4) is 0 Å². The fraction of sp³-hybridized carbons (Fsp3) is 0.529. The number of morpholine rings is 1. The second-order valence-electron chi connectivity index (χ2n) is 6.71. The van der Waals surface area contributed by atoms with Gasteiger partial charge in [-0.15, -0.1) is 0 Å². The minimum absolute atomic E-state index is 0.0102. The van der Waals surface area contributed by atoms with Gasteiger partial charge in [0.1, 0.15) is 5.82 Å². The standard InChI is InChI=1S/C17H24N6O2/c1-11(2)14-15(21-17-19-10-20-23(17)16(14)24)12-3-4-13(18-9-12)22-5-7-25-8-6-22/h3-4,9,11,17,19-21H,5-8,10H2,1-2H3. The van der Waals surface area contributed by atoms with Crippen molar-refractivity contribution in [2.45, 2.75) is 20.1 Å². The van der Waals surface area contributed by atoms with Gasteiger partial charge in [-0.3, -0.25) is 10.1 Å². The number of fused-ring (bicyclic) bond motifs is 1. The fourth-order valence-corrected chi connectivity index (χ4v) is 3.45. The number of hydrogen-bond acceptors (Lipinski definition) is 7. The molecule has 1 aromatic heterocycles. The van der Waals surface area contributed by atoms with Crippen LogP contribution in [-0.4, -0.2) is 55.2 Å². The van der Waals surface area contributed by atoms with Crippen molar-refractivity contribution in [3.63, 3.8) is 0 Å². The van der Waals surface area contributed by atoms with Gasteiger partial charge in [0.05, 0.1) is 25.6 Å². The molecule has 0 bridgehead atoms. The van der Waals surface area contributed by atoms with Crippen LogP contribution in [0.4, 0.5) is 5.82 Å². The maximum Gasteiger partial charge on any atom is 0.269 e. The smallest absolute Gasteiger partial charge is 0.269 e. The predicted molar refractivity (Wildman–Crippen MR) is 93.9 cm³/mol. The van der Waals surface area contributed by atoms with Gasteiger partial charge < -0.3 is 15.0 Å². The predicted octanol–water partition coefficient (Wildman–Crippen LogP) is 0.0660. The highest BCUT2D eigenvalue weighted by Crippen LogP contribution is 2.29. The monoisotopic (exact) mass is 344 g/mol. The van der Waals surface area contributed by atoms with Crippen molar-refractivity contribution in [2.75, 3.05) is 37.9 Å². The van der Waals surface area contributed by atoms with E-state index in [2.05, 4.69) is 25.9 Å². The zero-order chi connectivity index (χ0) is 17.4. The van der Waals surface area contributed by atoms with Crippen LogP contribution in [0.15, 0.2) is 23.9 Å². The molecule has 1 aromatic rings. The van der Waals surface area contributed by atoms with Crippen molar-refractivity contribution in [2.24, 2.45) is 5.92 Å². The Labute approximate surface area is 147 Å². The molecule has 0 saturated carbocycles. The number of anilines is 1. The normalized spacial score (nSPS) is 24.0. The summed E-state index contributed by atoms with van der Waals surface area (Å²) in [5.74, 6) is 1.07. The molecular formula is C17H24N6O2. The van der Waals surface area contributed by atoms with Crippen LogP contribution in [0.1, 0.15) is 19.4 Å². The molecule has 8 heteroatoms. The highest BCUT2D eigenvalue weighted by atomic mass is 16.5. The van der Waals surface area contributed by atoms with Crippen molar-refractivity contribution < 1.29 is 9.53 Å². The van der Waals surface area contributed by atoms with E-state index in [0.717, 1.165) is 49.0 Å². The Hall–Kier alpha value is -2.16. The van der Waals surface area contributed by atoms with Crippen LogP contribution in [-0.2, 0) is 9.53 Å². The van der Waals surface area contributed by atoms with Gasteiger partial charge in [0, 0.05) is 30.4 Å². The summed E-state index contributed by atoms with van der Waals surface area (Å²) in [4.78, 5) is 19.7. The Morgan fingerprint density at radius 2 is 2.08 bits per heavy atom. The molecule has 134 valence electrons. The van der Waals surface area contributed by atoms with Gasteiger partial charge in [0.15, 0.2) is 6.29 Å². The lowest BCUT2D eigenvalue weighted by atomic mass is 9.95. The molecule has 4 heterocycles. The molecule has 0 aromatic carbocycles. The lowest BCUT2D eigenvalue weighted by molar-refractivity contribution is -0.132. The average Bonchev–Trinajstić information content (AvgIpc) is 3.11. The molecule has 3 N–H and O–H groups in total. The highest BCUT2D eigenvalue weighted by molar-refractivity contribution is 6.02. The maximum atomic E-state index is 12.8. The van der Waals surface area contributed by atoms with Crippen LogP contribution in [0, 0.1) is 5.92 Å². The number of ether oxygens (including phenoxy) is 1. The summed E-state index contributed by atoms with van der Waals surface area (Å²) in [6, 6.07) is 4.05. The number of nitrogens with one attached hydrogen (secondary N) is 3. The lowest BCUT2D eigenvalue weighted by Crippen LogP contribution is -2.56. The second-order valence-corrected chi connectivity index (χ2v) is 6.71. The number of carbonyl (C=O) groups is 1. The van der Waals surface area contributed by atoms with Crippen LogP contribution >= 0.6 is 0 Å². The lowest BCUT2D eigenvalue weighted by Gasteiger charge is -2.34. The highest BCUT2D eigenvalue weighted by Gasteiger charge is 2.38. The summed E-state index contributed by atoms with van der Waals surface area (Å²) in [7, 11) is 0. The number of carbonyl (C=O) groups excluding carboxylic acids is 1. The third-order valence-electron chi connectivity index (χ3n) is 4.75. The first-order chi connectivity index (χ1) is 12.1. The molecule has 1 atom stereocenters. The topological polar surface area (TPSA) is 81.8 Å². The summed E-state index contributed by atoms with van der Waals surface area (Å²) in [5, 5.41) is 8.27. The Kier molecular flexibility index (Phi) is 4.32. The number of rotatable bonds is 3. The summed E-state index contributed by atoms with van der Waals surface area (Å²) in [5.41, 5.74) is 5.62. The number of pyridine rings is 1. The Bertz CT molecular complexity index is 681. The summed E-state index contributed by atoms with van der Waals surface area (Å²) >= 11 is 0. The van der Waals surface area contributed by atoms with E-state index in [9.17, 15) is 4.79 Å². The Balaban J connectivity index is 1.65. The van der Waals surface area contributed by atoms with Crippen LogP contribution in [0.25, 0.3) is 5.70 Å². The Morgan fingerprint density at radius 1 is 1.28 bits per heavy atom. The zero-order valence-corrected chi connectivity index (χ0v) is 14.6. The van der Waals surface area contributed by atoms with Gasteiger partial charge in [0.25, 0.3) is 5.91 Å². The van der Waals surface area contributed by atoms with E-state index in [1.165, 1.54) is 0 Å². The van der Waals surface area contributed by atoms with E-state index >= 15 is 0 Å². The van der Waals surface area contributed by atoms with Gasteiger partial charge in [0.2, 0.25) is 0 Å². The SMILES string of the molecule is CC(C)C1=C(c2ccc(N3CCOCC3)nc2)NC2NCNN2C1=O. The van der Waals surface area contributed by atoms with E-state index in [0.29, 0.717) is 6.67 Å². The number of nitrogens with zero attached hydrogens (tertiary/aromatic N) is 3. The molecule has 4 rings (SSSR count). The molecular weight excluding hydrogens is 320 g/mol. The molecule has 3 aliphatic heterocycles. The average molecular weight is 344 g/mol. The van der Waals surface area contributed by atoms with Gasteiger partial charge in [-0.1, -0.05) is 13.8 Å². The molecule has 0 spiro atoms. The number of amides is 1. The second kappa shape index (κ2) is 6.62. The minimum atomic E-state index is -0.232. The molecule has 2 fully saturated rings. The van der Waals surface area contributed by atoms with Crippen LogP contribution in [0.3, 0.4) is 0 Å². The summed E-state index contributed by atoms with van der Waals surface area (Å²) in [6.45, 7) is 7.82. The molecule has 25 heavy (non-hydrogen) atoms. The van der Waals surface area contributed by atoms with Gasteiger partial charge in [-0.25, -0.2) is 15.4 Å². The number of hydrazine groups is 1. The fourth-order valence-electron chi connectivity index (χ4n) is 3.45. The largest absolute Gasteiger partial charge is 0.378 e. The van der Waals surface area contributed by atoms with E-state index in [1.54, 1.807) is 5.01 Å². The maximum absolute atomic E-state index is 12.8. The van der Waals surface area contributed by atoms with Crippen molar-refractivity contribution in [1.82, 2.24) is 26.1 Å². The van der Waals surface area contributed by atoms with Crippen molar-refractivity contribution in [3.05, 3.63) is 29.5 Å². The zero-order valence-electron chi connectivity index (χ0n) is 14.6. The van der Waals surface area contributed by atoms with Crippen molar-refractivity contribution >= 4 is 17.4 Å². The van der Waals surface area contributed by atoms with Gasteiger partial charge in [-0.05, 0) is 18.1 Å². The third kappa shape index (κ3) is 2.97. The Morgan fingerprint density at radius 3 is 2.76 bits per heavy atom. The first kappa shape index (κ1) is 16.3. The van der Waals surface area contributed by atoms with E-state index < -0.39 is 0 Å². The number of hydrogen-bond donors (Lipinski definition) is 3. The molecule has 0 radical (unpaired) electrons. The van der Waals surface area contributed by atoms with Gasteiger partial charge in [-0.2, -0.15) is 0 Å². The van der Waals surface area contributed by atoms with E-state index in [4.69, 9.17) is 4.74 Å². The molecule has 2 saturated heterocycles.